The van der Waals surface area contributed by atoms with E-state index in [-0.39, 0.29) is 6.04 Å². The molecule has 0 spiro atoms. The first-order valence-corrected chi connectivity index (χ1v) is 7.49. The van der Waals surface area contributed by atoms with Gasteiger partial charge >= 0.3 is 0 Å². The lowest BCUT2D eigenvalue weighted by atomic mass is 9.87. The Labute approximate surface area is 113 Å². The zero-order chi connectivity index (χ0) is 12.3. The molecular formula is C15H22BrN. The molecule has 0 heterocycles. The Morgan fingerprint density at radius 1 is 1.12 bits per heavy atom. The monoisotopic (exact) mass is 295 g/mol. The third kappa shape index (κ3) is 3.56. The van der Waals surface area contributed by atoms with Gasteiger partial charge in [0.05, 0.1) is 0 Å². The Bertz CT molecular complexity index is 347. The van der Waals surface area contributed by atoms with Gasteiger partial charge in [-0.1, -0.05) is 47.7 Å². The standard InChI is InChI=1S/C15H22BrN/c1-11-8-13(10-14(16)9-11)15(17)12-6-4-2-3-5-7-12/h8-10,12,15H,2-7,17H2,1H3. The summed E-state index contributed by atoms with van der Waals surface area (Å²) in [6.07, 6.45) is 8.08. The summed E-state index contributed by atoms with van der Waals surface area (Å²) in [4.78, 5) is 0. The van der Waals surface area contributed by atoms with Crippen molar-refractivity contribution in [1.29, 1.82) is 0 Å². The third-order valence-electron chi connectivity index (χ3n) is 3.86. The number of benzene rings is 1. The zero-order valence-corrected chi connectivity index (χ0v) is 12.2. The van der Waals surface area contributed by atoms with Gasteiger partial charge in [0.2, 0.25) is 0 Å². The lowest BCUT2D eigenvalue weighted by Crippen LogP contribution is -2.21. The van der Waals surface area contributed by atoms with Gasteiger partial charge in [0, 0.05) is 10.5 Å². The molecule has 1 fully saturated rings. The molecule has 1 aromatic carbocycles. The summed E-state index contributed by atoms with van der Waals surface area (Å²) in [5.41, 5.74) is 9.04. The second-order valence-electron chi connectivity index (χ2n) is 5.34. The Balaban J connectivity index is 2.14. The first-order valence-electron chi connectivity index (χ1n) is 6.69. The molecule has 2 rings (SSSR count). The summed E-state index contributed by atoms with van der Waals surface area (Å²) in [6, 6.07) is 6.77. The Morgan fingerprint density at radius 3 is 2.35 bits per heavy atom. The molecule has 1 aliphatic rings. The van der Waals surface area contributed by atoms with E-state index in [1.165, 1.54) is 49.7 Å². The lowest BCUT2D eigenvalue weighted by Gasteiger charge is -2.23. The topological polar surface area (TPSA) is 26.0 Å². The van der Waals surface area contributed by atoms with Crippen LogP contribution >= 0.6 is 15.9 Å². The van der Waals surface area contributed by atoms with Crippen molar-refractivity contribution in [3.05, 3.63) is 33.8 Å². The average Bonchev–Trinajstić information content (AvgIpc) is 2.55. The minimum atomic E-state index is 0.212. The van der Waals surface area contributed by atoms with Crippen molar-refractivity contribution in [2.45, 2.75) is 51.5 Å². The highest BCUT2D eigenvalue weighted by atomic mass is 79.9. The largest absolute Gasteiger partial charge is 0.324 e. The van der Waals surface area contributed by atoms with Gasteiger partial charge in [-0.05, 0) is 48.9 Å². The van der Waals surface area contributed by atoms with Crippen LogP contribution in [0.1, 0.15) is 55.7 Å². The second-order valence-corrected chi connectivity index (χ2v) is 6.26. The van der Waals surface area contributed by atoms with Crippen LogP contribution in [0.2, 0.25) is 0 Å². The van der Waals surface area contributed by atoms with Crippen LogP contribution in [0, 0.1) is 12.8 Å². The smallest absolute Gasteiger partial charge is 0.0324 e. The molecule has 0 aliphatic heterocycles. The number of hydrogen-bond acceptors (Lipinski definition) is 1. The first-order chi connectivity index (χ1) is 8.16. The maximum atomic E-state index is 6.46. The van der Waals surface area contributed by atoms with E-state index in [1.807, 2.05) is 0 Å². The van der Waals surface area contributed by atoms with Crippen LogP contribution in [0.3, 0.4) is 0 Å². The number of halogens is 1. The normalized spacial score (nSPS) is 19.9. The molecule has 1 saturated carbocycles. The van der Waals surface area contributed by atoms with Crippen molar-refractivity contribution < 1.29 is 0 Å². The summed E-state index contributed by atoms with van der Waals surface area (Å²) < 4.78 is 1.15. The Morgan fingerprint density at radius 2 is 1.76 bits per heavy atom. The SMILES string of the molecule is Cc1cc(Br)cc(C(N)C2CCCCCC2)c1. The van der Waals surface area contributed by atoms with Gasteiger partial charge in [-0.2, -0.15) is 0 Å². The average molecular weight is 296 g/mol. The van der Waals surface area contributed by atoms with E-state index in [0.29, 0.717) is 5.92 Å². The van der Waals surface area contributed by atoms with Crippen LogP contribution in [0.15, 0.2) is 22.7 Å². The van der Waals surface area contributed by atoms with Crippen LogP contribution < -0.4 is 5.73 Å². The molecule has 1 unspecified atom stereocenters. The van der Waals surface area contributed by atoms with Crippen molar-refractivity contribution in [3.63, 3.8) is 0 Å². The zero-order valence-electron chi connectivity index (χ0n) is 10.6. The van der Waals surface area contributed by atoms with Gasteiger partial charge in [0.15, 0.2) is 0 Å². The maximum absolute atomic E-state index is 6.46. The van der Waals surface area contributed by atoms with Crippen LogP contribution in [-0.4, -0.2) is 0 Å². The molecule has 1 atom stereocenters. The Kier molecular flexibility index (Phi) is 4.63. The summed E-state index contributed by atoms with van der Waals surface area (Å²) in [6.45, 7) is 2.13. The van der Waals surface area contributed by atoms with Crippen molar-refractivity contribution >= 4 is 15.9 Å². The first kappa shape index (κ1) is 13.1. The summed E-state index contributed by atoms with van der Waals surface area (Å²) in [7, 11) is 0. The molecular weight excluding hydrogens is 274 g/mol. The van der Waals surface area contributed by atoms with E-state index in [2.05, 4.69) is 41.1 Å². The van der Waals surface area contributed by atoms with Crippen LogP contribution in [0.5, 0.6) is 0 Å². The van der Waals surface area contributed by atoms with Crippen molar-refractivity contribution in [2.75, 3.05) is 0 Å². The van der Waals surface area contributed by atoms with E-state index in [9.17, 15) is 0 Å². The summed E-state index contributed by atoms with van der Waals surface area (Å²) >= 11 is 3.57. The summed E-state index contributed by atoms with van der Waals surface area (Å²) in [5, 5.41) is 0. The van der Waals surface area contributed by atoms with E-state index in [1.54, 1.807) is 0 Å². The predicted molar refractivity (Wildman–Crippen MR) is 77.0 cm³/mol. The molecule has 0 saturated heterocycles. The molecule has 17 heavy (non-hydrogen) atoms. The predicted octanol–water partition coefficient (Wildman–Crippen LogP) is 4.73. The molecule has 2 heteroatoms. The third-order valence-corrected chi connectivity index (χ3v) is 4.31. The molecule has 1 aliphatic carbocycles. The number of nitrogens with two attached hydrogens (primary N) is 1. The van der Waals surface area contributed by atoms with Gasteiger partial charge in [-0.3, -0.25) is 0 Å². The fourth-order valence-corrected chi connectivity index (χ4v) is 3.52. The Hall–Kier alpha value is -0.340. The molecule has 0 radical (unpaired) electrons. The van der Waals surface area contributed by atoms with Crippen LogP contribution in [0.25, 0.3) is 0 Å². The van der Waals surface area contributed by atoms with Gasteiger partial charge in [-0.25, -0.2) is 0 Å². The van der Waals surface area contributed by atoms with Crippen molar-refractivity contribution in [3.8, 4) is 0 Å². The molecule has 2 N–H and O–H groups in total. The van der Waals surface area contributed by atoms with Crippen LogP contribution in [0.4, 0.5) is 0 Å². The number of rotatable bonds is 2. The highest BCUT2D eigenvalue weighted by molar-refractivity contribution is 9.10. The lowest BCUT2D eigenvalue weighted by molar-refractivity contribution is 0.382. The van der Waals surface area contributed by atoms with E-state index >= 15 is 0 Å². The molecule has 1 aromatic rings. The number of aryl methyl sites for hydroxylation is 1. The van der Waals surface area contributed by atoms with E-state index < -0.39 is 0 Å². The van der Waals surface area contributed by atoms with Gasteiger partial charge < -0.3 is 5.73 Å². The maximum Gasteiger partial charge on any atom is 0.0324 e. The molecule has 0 bridgehead atoms. The highest BCUT2D eigenvalue weighted by Crippen LogP contribution is 2.33. The van der Waals surface area contributed by atoms with Gasteiger partial charge in [0.1, 0.15) is 0 Å². The molecule has 1 nitrogen and oxygen atoms in total. The van der Waals surface area contributed by atoms with Crippen molar-refractivity contribution in [1.82, 2.24) is 0 Å². The summed E-state index contributed by atoms with van der Waals surface area (Å²) in [5.74, 6) is 0.672. The van der Waals surface area contributed by atoms with E-state index in [0.717, 1.165) is 4.47 Å². The minimum Gasteiger partial charge on any atom is -0.324 e. The fraction of sp³-hybridized carbons (Fsp3) is 0.600. The quantitative estimate of drug-likeness (QED) is 0.785. The van der Waals surface area contributed by atoms with Gasteiger partial charge in [-0.15, -0.1) is 0 Å². The minimum absolute atomic E-state index is 0.212. The molecule has 0 amide bonds. The second kappa shape index (κ2) is 6.01. The van der Waals surface area contributed by atoms with Crippen molar-refractivity contribution in [2.24, 2.45) is 11.7 Å². The molecule has 94 valence electrons. The van der Waals surface area contributed by atoms with Crippen LogP contribution in [-0.2, 0) is 0 Å². The molecule has 0 aromatic heterocycles. The van der Waals surface area contributed by atoms with Gasteiger partial charge in [0.25, 0.3) is 0 Å². The van der Waals surface area contributed by atoms with E-state index in [4.69, 9.17) is 5.73 Å². The number of hydrogen-bond donors (Lipinski definition) is 1. The fourth-order valence-electron chi connectivity index (χ4n) is 2.90. The highest BCUT2D eigenvalue weighted by Gasteiger charge is 2.21.